The van der Waals surface area contributed by atoms with Crippen LogP contribution >= 0.6 is 11.8 Å². The van der Waals surface area contributed by atoms with Gasteiger partial charge < -0.3 is 5.73 Å². The minimum Gasteiger partial charge on any atom is -0.370 e. The zero-order chi connectivity index (χ0) is 11.1. The average molecular weight is 232 g/mol. The number of amides is 1. The van der Waals surface area contributed by atoms with Crippen LogP contribution in [0.5, 0.6) is 0 Å². The number of nitrogens with two attached hydrogens (primary N) is 1. The first-order chi connectivity index (χ1) is 7.74. The van der Waals surface area contributed by atoms with Crippen LogP contribution in [0.25, 0.3) is 0 Å². The zero-order valence-electron chi connectivity index (χ0n) is 8.25. The third-order valence-electron chi connectivity index (χ3n) is 2.39. The van der Waals surface area contributed by atoms with Crippen molar-refractivity contribution in [1.29, 1.82) is 0 Å². The van der Waals surface area contributed by atoms with E-state index in [-0.39, 0.29) is 17.7 Å². The van der Waals surface area contributed by atoms with Crippen LogP contribution in [-0.4, -0.2) is 17.6 Å². The molecule has 1 amide bonds. The van der Waals surface area contributed by atoms with Gasteiger partial charge in [0.1, 0.15) is 22.4 Å². The molecule has 0 aromatic heterocycles. The highest BCUT2D eigenvalue weighted by Gasteiger charge is 2.21. The van der Waals surface area contributed by atoms with Crippen molar-refractivity contribution in [2.75, 3.05) is 0 Å². The lowest BCUT2D eigenvalue weighted by atomic mass is 10.3. The van der Waals surface area contributed by atoms with Crippen LogP contribution < -0.4 is 16.4 Å². The zero-order valence-corrected chi connectivity index (χ0v) is 9.07. The van der Waals surface area contributed by atoms with Gasteiger partial charge in [-0.05, 0) is 12.1 Å². The van der Waals surface area contributed by atoms with E-state index < -0.39 is 0 Å². The number of carbonyl (C=O) groups is 1. The molecule has 6 heteroatoms. The van der Waals surface area contributed by atoms with Crippen LogP contribution in [0, 0.1) is 0 Å². The smallest absolute Gasteiger partial charge is 0.220 e. The van der Waals surface area contributed by atoms with E-state index in [0.29, 0.717) is 0 Å². The quantitative estimate of drug-likeness (QED) is 0.773. The summed E-state index contributed by atoms with van der Waals surface area (Å²) in [4.78, 5) is 24.6. The van der Waals surface area contributed by atoms with Crippen molar-refractivity contribution < 1.29 is 4.79 Å². The summed E-state index contributed by atoms with van der Waals surface area (Å²) in [6, 6.07) is 3.87. The number of benzene rings is 1. The maximum absolute atomic E-state index is 10.8. The molecule has 0 bridgehead atoms. The lowest BCUT2D eigenvalue weighted by Crippen LogP contribution is -2.24. The summed E-state index contributed by atoms with van der Waals surface area (Å²) in [7, 11) is 0. The van der Waals surface area contributed by atoms with Gasteiger partial charge in [0.05, 0.1) is 12.1 Å². The fourth-order valence-electron chi connectivity index (χ4n) is 1.73. The third kappa shape index (κ3) is 1.42. The van der Waals surface area contributed by atoms with E-state index in [4.69, 9.17) is 5.73 Å². The van der Waals surface area contributed by atoms with Crippen LogP contribution in [0.15, 0.2) is 32.0 Å². The van der Waals surface area contributed by atoms with Crippen molar-refractivity contribution in [3.63, 3.8) is 0 Å². The summed E-state index contributed by atoms with van der Waals surface area (Å²) >= 11 is 1.55. The van der Waals surface area contributed by atoms with Gasteiger partial charge in [-0.2, -0.15) is 0 Å². The number of thioether (sulfide) groups is 1. The predicted octanol–water partition coefficient (Wildman–Crippen LogP) is -0.0936. The van der Waals surface area contributed by atoms with Gasteiger partial charge in [-0.1, -0.05) is 11.8 Å². The lowest BCUT2D eigenvalue weighted by Gasteiger charge is -2.01. The summed E-state index contributed by atoms with van der Waals surface area (Å²) in [6.45, 7) is 0. The third-order valence-corrected chi connectivity index (χ3v) is 3.52. The first kappa shape index (κ1) is 9.53. The van der Waals surface area contributed by atoms with Gasteiger partial charge >= 0.3 is 0 Å². The van der Waals surface area contributed by atoms with Gasteiger partial charge in [-0.15, -0.1) is 0 Å². The minimum absolute atomic E-state index is 0.116. The van der Waals surface area contributed by atoms with Crippen molar-refractivity contribution in [3.05, 3.63) is 22.8 Å². The second-order valence-electron chi connectivity index (χ2n) is 3.53. The second kappa shape index (κ2) is 3.41. The molecule has 80 valence electrons. The largest absolute Gasteiger partial charge is 0.370 e. The number of nitrogens with zero attached hydrogens (tertiary/aromatic N) is 3. The lowest BCUT2D eigenvalue weighted by molar-refractivity contribution is -0.117. The highest BCUT2D eigenvalue weighted by molar-refractivity contribution is 8.00. The van der Waals surface area contributed by atoms with Crippen LogP contribution in [0.1, 0.15) is 6.42 Å². The monoisotopic (exact) mass is 232 g/mol. The number of hydrogen-bond acceptors (Lipinski definition) is 5. The van der Waals surface area contributed by atoms with Crippen molar-refractivity contribution in [2.45, 2.75) is 16.7 Å². The molecule has 1 atom stereocenters. The first-order valence-corrected chi connectivity index (χ1v) is 5.68. The van der Waals surface area contributed by atoms with Crippen molar-refractivity contribution >= 4 is 29.7 Å². The van der Waals surface area contributed by atoms with Crippen LogP contribution in [0.2, 0.25) is 0 Å². The fraction of sp³-hybridized carbons (Fsp3) is 0.200. The Morgan fingerprint density at radius 3 is 3.12 bits per heavy atom. The van der Waals surface area contributed by atoms with Crippen molar-refractivity contribution in [2.24, 2.45) is 20.7 Å². The maximum Gasteiger partial charge on any atom is 0.220 e. The highest BCUT2D eigenvalue weighted by atomic mass is 32.2. The Labute approximate surface area is 95.2 Å². The number of primary amides is 1. The molecule has 0 fully saturated rings. The Morgan fingerprint density at radius 1 is 1.44 bits per heavy atom. The van der Waals surface area contributed by atoms with E-state index in [0.717, 1.165) is 21.3 Å². The Bertz CT molecular complexity index is 622. The van der Waals surface area contributed by atoms with Gasteiger partial charge in [0.2, 0.25) is 5.91 Å². The van der Waals surface area contributed by atoms with E-state index in [1.807, 2.05) is 12.1 Å². The van der Waals surface area contributed by atoms with E-state index >= 15 is 0 Å². The average Bonchev–Trinajstić information content (AvgIpc) is 2.78. The molecule has 16 heavy (non-hydrogen) atoms. The molecule has 0 saturated carbocycles. The number of rotatable bonds is 2. The molecule has 2 N–H and O–H groups in total. The summed E-state index contributed by atoms with van der Waals surface area (Å²) in [5.74, 6) is -0.334. The van der Waals surface area contributed by atoms with E-state index in [2.05, 4.69) is 15.0 Å². The standard InChI is InChI=1S/C10H8N4OS/c11-7(15)3-8-14-10-6(16-8)2-1-5-9(10)13-4-12-5/h1-2,4,8H,3H2,(H2,11,15). The molecular formula is C10H8N4OS. The summed E-state index contributed by atoms with van der Waals surface area (Å²) in [5.41, 5.74) is 6.00. The number of hydrogen-bond donors (Lipinski definition) is 1. The number of aliphatic imine (C=N–C) groups is 1. The Hall–Kier alpha value is -1.69. The summed E-state index contributed by atoms with van der Waals surface area (Å²) in [6.07, 6.45) is 1.78. The molecule has 0 radical (unpaired) electrons. The van der Waals surface area contributed by atoms with Crippen LogP contribution in [0.3, 0.4) is 0 Å². The molecular weight excluding hydrogens is 224 g/mol. The molecule has 3 rings (SSSR count). The van der Waals surface area contributed by atoms with Gasteiger partial charge in [-0.3, -0.25) is 9.79 Å². The fourth-order valence-corrected chi connectivity index (χ4v) is 2.83. The molecule has 5 nitrogen and oxygen atoms in total. The van der Waals surface area contributed by atoms with Crippen LogP contribution in [0.4, 0.5) is 5.69 Å². The van der Waals surface area contributed by atoms with Gasteiger partial charge in [0.25, 0.3) is 0 Å². The molecule has 2 aliphatic rings. The molecule has 0 spiro atoms. The van der Waals surface area contributed by atoms with Gasteiger partial charge in [-0.25, -0.2) is 9.98 Å². The van der Waals surface area contributed by atoms with Gasteiger partial charge in [0.15, 0.2) is 0 Å². The maximum atomic E-state index is 10.8. The number of carbonyl (C=O) groups excluding carboxylic acids is 1. The Kier molecular flexibility index (Phi) is 2.03. The van der Waals surface area contributed by atoms with Crippen LogP contribution in [-0.2, 0) is 4.79 Å². The predicted molar refractivity (Wildman–Crippen MR) is 60.4 cm³/mol. The first-order valence-electron chi connectivity index (χ1n) is 4.80. The molecule has 2 aliphatic heterocycles. The number of fused-ring (bicyclic) bond motifs is 3. The van der Waals surface area contributed by atoms with Crippen molar-refractivity contribution in [3.8, 4) is 0 Å². The second-order valence-corrected chi connectivity index (χ2v) is 4.75. The molecule has 1 aromatic rings. The molecule has 1 unspecified atom stereocenters. The minimum atomic E-state index is -0.334. The highest BCUT2D eigenvalue weighted by Crippen LogP contribution is 2.28. The van der Waals surface area contributed by atoms with E-state index in [9.17, 15) is 4.79 Å². The normalized spacial score (nSPS) is 19.9. The molecule has 2 heterocycles. The Morgan fingerprint density at radius 2 is 2.31 bits per heavy atom. The molecule has 0 aliphatic carbocycles. The van der Waals surface area contributed by atoms with Gasteiger partial charge in [0, 0.05) is 4.90 Å². The van der Waals surface area contributed by atoms with E-state index in [1.165, 1.54) is 6.34 Å². The molecule has 0 saturated heterocycles. The van der Waals surface area contributed by atoms with E-state index in [1.54, 1.807) is 11.8 Å². The Balaban J connectivity index is 2.09. The summed E-state index contributed by atoms with van der Waals surface area (Å²) < 4.78 is 0. The SMILES string of the molecule is NC(=O)CC1N=c2c(ccc3c2=NC=N3)S1. The molecule has 1 aromatic carbocycles. The summed E-state index contributed by atoms with van der Waals surface area (Å²) in [5, 5.41) is 1.53. The topological polar surface area (TPSA) is 80.2 Å². The van der Waals surface area contributed by atoms with Crippen molar-refractivity contribution in [1.82, 2.24) is 0 Å².